The summed E-state index contributed by atoms with van der Waals surface area (Å²) in [5.74, 6) is 0. The molecule has 12 heavy (non-hydrogen) atoms. The highest BCUT2D eigenvalue weighted by molar-refractivity contribution is 4.93. The van der Waals surface area contributed by atoms with Crippen LogP contribution >= 0.6 is 0 Å². The molecule has 0 rings (SSSR count). The predicted molar refractivity (Wildman–Crippen MR) is 53.1 cm³/mol. The van der Waals surface area contributed by atoms with Crippen LogP contribution in [0.5, 0.6) is 0 Å². The molecular formula is C10H21NO. The van der Waals surface area contributed by atoms with Crippen LogP contribution < -0.4 is 5.73 Å². The Morgan fingerprint density at radius 2 is 2.08 bits per heavy atom. The van der Waals surface area contributed by atoms with Gasteiger partial charge in [-0.15, -0.1) is 6.58 Å². The van der Waals surface area contributed by atoms with Crippen LogP contribution in [0.15, 0.2) is 12.2 Å². The van der Waals surface area contributed by atoms with Gasteiger partial charge in [0.1, 0.15) is 0 Å². The monoisotopic (exact) mass is 171 g/mol. The minimum Gasteiger partial charge on any atom is -0.379 e. The lowest BCUT2D eigenvalue weighted by Gasteiger charge is -2.26. The molecule has 0 aliphatic heterocycles. The van der Waals surface area contributed by atoms with Crippen molar-refractivity contribution >= 4 is 0 Å². The summed E-state index contributed by atoms with van der Waals surface area (Å²) in [4.78, 5) is 0. The summed E-state index contributed by atoms with van der Waals surface area (Å²) in [6.45, 7) is 9.92. The van der Waals surface area contributed by atoms with Gasteiger partial charge in [0, 0.05) is 13.2 Å². The predicted octanol–water partition coefficient (Wildman–Crippen LogP) is 2.09. The van der Waals surface area contributed by atoms with E-state index in [1.54, 1.807) is 7.11 Å². The van der Waals surface area contributed by atoms with E-state index < -0.39 is 0 Å². The van der Waals surface area contributed by atoms with Crippen LogP contribution in [0, 0.1) is 0 Å². The molecule has 1 unspecified atom stereocenters. The Hall–Kier alpha value is -0.340. The summed E-state index contributed by atoms with van der Waals surface area (Å²) >= 11 is 0. The summed E-state index contributed by atoms with van der Waals surface area (Å²) in [6, 6.07) is 0.164. The first kappa shape index (κ1) is 11.7. The lowest BCUT2D eigenvalue weighted by molar-refractivity contribution is 0.0102. The van der Waals surface area contributed by atoms with Crippen LogP contribution in [-0.2, 0) is 4.74 Å². The normalized spacial score (nSPS) is 14.4. The molecule has 0 heterocycles. The first-order valence-corrected chi connectivity index (χ1v) is 4.32. The molecule has 0 saturated heterocycles. The molecular weight excluding hydrogens is 150 g/mol. The number of hydrogen-bond donors (Lipinski definition) is 1. The van der Waals surface area contributed by atoms with Gasteiger partial charge in [-0.05, 0) is 33.6 Å². The molecule has 0 spiro atoms. The van der Waals surface area contributed by atoms with E-state index >= 15 is 0 Å². The lowest BCUT2D eigenvalue weighted by Crippen LogP contribution is -2.33. The van der Waals surface area contributed by atoms with Gasteiger partial charge in [-0.3, -0.25) is 0 Å². The number of ether oxygens (including phenoxy) is 1. The van der Waals surface area contributed by atoms with Gasteiger partial charge < -0.3 is 10.5 Å². The van der Waals surface area contributed by atoms with Gasteiger partial charge in [0.05, 0.1) is 5.60 Å². The first-order valence-electron chi connectivity index (χ1n) is 4.32. The fraction of sp³-hybridized carbons (Fsp3) is 0.800. The van der Waals surface area contributed by atoms with Crippen molar-refractivity contribution in [1.29, 1.82) is 0 Å². The Labute approximate surface area is 75.8 Å². The minimum absolute atomic E-state index is 0.116. The highest BCUT2D eigenvalue weighted by Gasteiger charge is 2.20. The van der Waals surface area contributed by atoms with Crippen molar-refractivity contribution in [2.75, 3.05) is 7.11 Å². The van der Waals surface area contributed by atoms with Crippen LogP contribution in [0.3, 0.4) is 0 Å². The van der Waals surface area contributed by atoms with Crippen LogP contribution in [0.2, 0.25) is 0 Å². The molecule has 72 valence electrons. The molecule has 0 aliphatic carbocycles. The molecule has 1 atom stereocenters. The van der Waals surface area contributed by atoms with Gasteiger partial charge in [-0.2, -0.15) is 0 Å². The average molecular weight is 171 g/mol. The molecule has 0 aromatic heterocycles. The first-order chi connectivity index (χ1) is 5.37. The fourth-order valence-corrected chi connectivity index (χ4v) is 1.23. The zero-order valence-electron chi connectivity index (χ0n) is 8.68. The zero-order chi connectivity index (χ0) is 9.78. The highest BCUT2D eigenvalue weighted by atomic mass is 16.5. The lowest BCUT2D eigenvalue weighted by atomic mass is 9.95. The fourth-order valence-electron chi connectivity index (χ4n) is 1.23. The zero-order valence-corrected chi connectivity index (χ0v) is 8.68. The van der Waals surface area contributed by atoms with Crippen LogP contribution in [-0.4, -0.2) is 18.8 Å². The number of rotatable bonds is 5. The second kappa shape index (κ2) is 4.63. The second-order valence-corrected chi connectivity index (χ2v) is 4.09. The van der Waals surface area contributed by atoms with Crippen LogP contribution in [0.25, 0.3) is 0 Å². The van der Waals surface area contributed by atoms with E-state index in [9.17, 15) is 0 Å². The highest BCUT2D eigenvalue weighted by Crippen LogP contribution is 2.17. The van der Waals surface area contributed by atoms with E-state index in [4.69, 9.17) is 10.5 Å². The smallest absolute Gasteiger partial charge is 0.0637 e. The summed E-state index contributed by atoms with van der Waals surface area (Å²) in [5, 5.41) is 0. The summed E-state index contributed by atoms with van der Waals surface area (Å²) in [5.41, 5.74) is 6.91. The number of nitrogens with two attached hydrogens (primary N) is 1. The summed E-state index contributed by atoms with van der Waals surface area (Å²) in [6.07, 6.45) is 1.75. The molecule has 0 aromatic rings. The van der Waals surface area contributed by atoms with Crippen LogP contribution in [0.4, 0.5) is 0 Å². The van der Waals surface area contributed by atoms with Crippen molar-refractivity contribution in [3.8, 4) is 0 Å². The van der Waals surface area contributed by atoms with Crippen LogP contribution in [0.1, 0.15) is 33.6 Å². The molecule has 0 aliphatic rings. The van der Waals surface area contributed by atoms with Crippen molar-refractivity contribution < 1.29 is 4.74 Å². The van der Waals surface area contributed by atoms with E-state index in [0.717, 1.165) is 18.4 Å². The van der Waals surface area contributed by atoms with Crippen molar-refractivity contribution in [2.45, 2.75) is 45.3 Å². The van der Waals surface area contributed by atoms with Crippen molar-refractivity contribution in [2.24, 2.45) is 5.73 Å². The maximum Gasteiger partial charge on any atom is 0.0637 e. The molecule has 0 radical (unpaired) electrons. The van der Waals surface area contributed by atoms with Gasteiger partial charge in [0.15, 0.2) is 0 Å². The van der Waals surface area contributed by atoms with E-state index in [2.05, 4.69) is 6.58 Å². The van der Waals surface area contributed by atoms with E-state index in [1.807, 2.05) is 20.8 Å². The Kier molecular flexibility index (Phi) is 4.50. The third kappa shape index (κ3) is 5.33. The molecule has 2 N–H and O–H groups in total. The van der Waals surface area contributed by atoms with Gasteiger partial charge >= 0.3 is 0 Å². The van der Waals surface area contributed by atoms with Crippen molar-refractivity contribution in [3.05, 3.63) is 12.2 Å². The number of hydrogen-bond acceptors (Lipinski definition) is 2. The van der Waals surface area contributed by atoms with Crippen molar-refractivity contribution in [1.82, 2.24) is 0 Å². The van der Waals surface area contributed by atoms with Crippen molar-refractivity contribution in [3.63, 3.8) is 0 Å². The Morgan fingerprint density at radius 1 is 1.58 bits per heavy atom. The maximum absolute atomic E-state index is 5.90. The Balaban J connectivity index is 3.83. The van der Waals surface area contributed by atoms with Gasteiger partial charge in [-0.1, -0.05) is 5.57 Å². The Morgan fingerprint density at radius 3 is 2.42 bits per heavy atom. The van der Waals surface area contributed by atoms with E-state index in [-0.39, 0.29) is 11.6 Å². The quantitative estimate of drug-likeness (QED) is 0.643. The molecule has 2 nitrogen and oxygen atoms in total. The Bertz CT molecular complexity index is 152. The third-order valence-corrected chi connectivity index (χ3v) is 1.92. The molecule has 0 amide bonds. The maximum atomic E-state index is 5.90. The van der Waals surface area contributed by atoms with E-state index in [1.165, 1.54) is 0 Å². The standard InChI is InChI=1S/C10H21NO/c1-8(2)6-9(11)7-10(3,4)12-5/h9H,1,6-7,11H2,2-5H3. The average Bonchev–Trinajstić information content (AvgIpc) is 1.84. The van der Waals surface area contributed by atoms with Gasteiger partial charge in [0.25, 0.3) is 0 Å². The molecule has 0 bridgehead atoms. The largest absolute Gasteiger partial charge is 0.379 e. The SMILES string of the molecule is C=C(C)CC(N)CC(C)(C)OC. The molecule has 0 saturated carbocycles. The molecule has 2 heteroatoms. The molecule has 0 fully saturated rings. The minimum atomic E-state index is -0.116. The summed E-state index contributed by atoms with van der Waals surface area (Å²) < 4.78 is 5.28. The molecule has 0 aromatic carbocycles. The summed E-state index contributed by atoms with van der Waals surface area (Å²) in [7, 11) is 1.72. The van der Waals surface area contributed by atoms with Gasteiger partial charge in [0.2, 0.25) is 0 Å². The van der Waals surface area contributed by atoms with E-state index in [0.29, 0.717) is 0 Å². The number of methoxy groups -OCH3 is 1. The topological polar surface area (TPSA) is 35.2 Å². The third-order valence-electron chi connectivity index (χ3n) is 1.92. The second-order valence-electron chi connectivity index (χ2n) is 4.09. The van der Waals surface area contributed by atoms with Gasteiger partial charge in [-0.25, -0.2) is 0 Å².